The van der Waals surface area contributed by atoms with E-state index in [2.05, 4.69) is 10.1 Å². The summed E-state index contributed by atoms with van der Waals surface area (Å²) in [4.78, 5) is 16.4. The van der Waals surface area contributed by atoms with Gasteiger partial charge in [-0.3, -0.25) is 4.79 Å². The molecule has 2 rings (SSSR count). The predicted octanol–water partition coefficient (Wildman–Crippen LogP) is 2.53. The van der Waals surface area contributed by atoms with Crippen LogP contribution in [0, 0.1) is 6.92 Å². The number of nitrogens with zero attached hydrogens (tertiary/aromatic N) is 3. The van der Waals surface area contributed by atoms with E-state index >= 15 is 0 Å². The van der Waals surface area contributed by atoms with Crippen molar-refractivity contribution in [1.82, 2.24) is 14.6 Å². The van der Waals surface area contributed by atoms with Crippen LogP contribution in [0.25, 0.3) is 5.65 Å². The maximum atomic E-state index is 12.0. The van der Waals surface area contributed by atoms with Gasteiger partial charge in [-0.15, -0.1) is 0 Å². The van der Waals surface area contributed by atoms with Gasteiger partial charge < -0.3 is 4.74 Å². The summed E-state index contributed by atoms with van der Waals surface area (Å²) in [6, 6.07) is 3.47. The summed E-state index contributed by atoms with van der Waals surface area (Å²) in [5.74, 6) is -0.320. The van der Waals surface area contributed by atoms with E-state index in [1.807, 2.05) is 13.0 Å². The van der Waals surface area contributed by atoms with Crippen LogP contribution in [0.2, 0.25) is 5.15 Å². The van der Waals surface area contributed by atoms with Crippen LogP contribution in [-0.2, 0) is 14.9 Å². The van der Waals surface area contributed by atoms with Crippen LogP contribution >= 0.6 is 11.6 Å². The van der Waals surface area contributed by atoms with Crippen LogP contribution in [0.15, 0.2) is 12.1 Å². The van der Waals surface area contributed by atoms with Gasteiger partial charge in [0.25, 0.3) is 0 Å². The van der Waals surface area contributed by atoms with Crippen LogP contribution in [0.1, 0.15) is 32.2 Å². The van der Waals surface area contributed by atoms with Crippen molar-refractivity contribution in [1.29, 1.82) is 0 Å². The molecule has 0 spiro atoms. The molecule has 0 amide bonds. The van der Waals surface area contributed by atoms with Crippen molar-refractivity contribution in [3.63, 3.8) is 0 Å². The molecule has 0 radical (unpaired) electrons. The highest BCUT2D eigenvalue weighted by Gasteiger charge is 2.33. The van der Waals surface area contributed by atoms with Crippen molar-refractivity contribution in [2.45, 2.75) is 33.1 Å². The number of carbonyl (C=O) groups excluding carboxylic acids is 1. The molecule has 0 unspecified atom stereocenters. The fraction of sp³-hybridized carbons (Fsp3) is 0.462. The summed E-state index contributed by atoms with van der Waals surface area (Å²) in [5.41, 5.74) is 1.17. The molecule has 0 fully saturated rings. The normalized spacial score (nSPS) is 11.8. The Morgan fingerprint density at radius 1 is 1.47 bits per heavy atom. The highest BCUT2D eigenvalue weighted by atomic mass is 35.5. The average Bonchev–Trinajstić information content (AvgIpc) is 2.70. The summed E-state index contributed by atoms with van der Waals surface area (Å²) < 4.78 is 6.62. The topological polar surface area (TPSA) is 56.5 Å². The maximum absolute atomic E-state index is 12.0. The molecular weight excluding hydrogens is 266 g/mol. The lowest BCUT2D eigenvalue weighted by molar-refractivity contribution is -0.148. The molecule has 2 heterocycles. The van der Waals surface area contributed by atoms with Crippen LogP contribution in [0.5, 0.6) is 0 Å². The summed E-state index contributed by atoms with van der Waals surface area (Å²) in [7, 11) is 0. The van der Waals surface area contributed by atoms with Gasteiger partial charge in [-0.1, -0.05) is 11.6 Å². The van der Waals surface area contributed by atoms with Gasteiger partial charge in [-0.2, -0.15) is 5.10 Å². The van der Waals surface area contributed by atoms with E-state index in [0.717, 1.165) is 5.69 Å². The first kappa shape index (κ1) is 13.8. The number of hydrogen-bond donors (Lipinski definition) is 0. The third-order valence-corrected chi connectivity index (χ3v) is 3.20. The second kappa shape index (κ2) is 4.81. The van der Waals surface area contributed by atoms with Crippen molar-refractivity contribution >= 4 is 23.2 Å². The Bertz CT molecular complexity index is 634. The zero-order chi connectivity index (χ0) is 14.2. The number of esters is 1. The van der Waals surface area contributed by atoms with E-state index in [0.29, 0.717) is 23.1 Å². The Labute approximate surface area is 116 Å². The third-order valence-electron chi connectivity index (χ3n) is 2.93. The Morgan fingerprint density at radius 3 is 2.79 bits per heavy atom. The lowest BCUT2D eigenvalue weighted by Crippen LogP contribution is -2.32. The van der Waals surface area contributed by atoms with Gasteiger partial charge in [0.05, 0.1) is 18.0 Å². The predicted molar refractivity (Wildman–Crippen MR) is 72.4 cm³/mol. The van der Waals surface area contributed by atoms with E-state index in [1.54, 1.807) is 31.4 Å². The first-order valence-electron chi connectivity index (χ1n) is 6.07. The molecule has 0 N–H and O–H groups in total. The van der Waals surface area contributed by atoms with Crippen LogP contribution in [0.3, 0.4) is 0 Å². The number of halogens is 1. The molecule has 0 aliphatic heterocycles. The fourth-order valence-corrected chi connectivity index (χ4v) is 2.02. The molecule has 0 saturated heterocycles. The van der Waals surface area contributed by atoms with Gasteiger partial charge in [0.2, 0.25) is 0 Å². The van der Waals surface area contributed by atoms with Crippen molar-refractivity contribution in [3.8, 4) is 0 Å². The van der Waals surface area contributed by atoms with Gasteiger partial charge in [0, 0.05) is 6.07 Å². The lowest BCUT2D eigenvalue weighted by atomic mass is 9.89. The van der Waals surface area contributed by atoms with E-state index in [4.69, 9.17) is 16.3 Å². The Kier molecular flexibility index (Phi) is 3.49. The number of carbonyl (C=O) groups is 1. The quantitative estimate of drug-likeness (QED) is 0.641. The summed E-state index contributed by atoms with van der Waals surface area (Å²) >= 11 is 6.17. The number of ether oxygens (including phenoxy) is 1. The van der Waals surface area contributed by atoms with Gasteiger partial charge >= 0.3 is 5.97 Å². The summed E-state index contributed by atoms with van der Waals surface area (Å²) in [6.45, 7) is 7.51. The van der Waals surface area contributed by atoms with Crippen molar-refractivity contribution in [2.75, 3.05) is 6.61 Å². The molecule has 2 aromatic heterocycles. The second-order valence-electron chi connectivity index (χ2n) is 4.87. The molecule has 19 heavy (non-hydrogen) atoms. The Morgan fingerprint density at radius 2 is 2.16 bits per heavy atom. The number of rotatable bonds is 3. The molecule has 0 aromatic carbocycles. The lowest BCUT2D eigenvalue weighted by Gasteiger charge is -2.21. The fourth-order valence-electron chi connectivity index (χ4n) is 1.79. The van der Waals surface area contributed by atoms with Crippen molar-refractivity contribution in [3.05, 3.63) is 28.7 Å². The molecule has 102 valence electrons. The first-order chi connectivity index (χ1) is 8.86. The van der Waals surface area contributed by atoms with Gasteiger partial charge in [0.1, 0.15) is 10.6 Å². The second-order valence-corrected chi connectivity index (χ2v) is 5.25. The molecular formula is C13H16ClN3O2. The largest absolute Gasteiger partial charge is 0.465 e. The smallest absolute Gasteiger partial charge is 0.317 e. The highest BCUT2D eigenvalue weighted by Crippen LogP contribution is 2.26. The van der Waals surface area contributed by atoms with Crippen LogP contribution in [0.4, 0.5) is 0 Å². The molecule has 0 aliphatic carbocycles. The van der Waals surface area contributed by atoms with Gasteiger partial charge in [-0.05, 0) is 33.8 Å². The van der Waals surface area contributed by atoms with E-state index in [-0.39, 0.29) is 5.97 Å². The van der Waals surface area contributed by atoms with Crippen LogP contribution in [-0.4, -0.2) is 27.2 Å². The number of fused-ring (bicyclic) bond motifs is 1. The average molecular weight is 282 g/mol. The zero-order valence-electron chi connectivity index (χ0n) is 11.4. The molecule has 6 heteroatoms. The van der Waals surface area contributed by atoms with E-state index in [1.165, 1.54) is 0 Å². The number of aromatic nitrogens is 3. The van der Waals surface area contributed by atoms with E-state index in [9.17, 15) is 4.79 Å². The highest BCUT2D eigenvalue weighted by molar-refractivity contribution is 6.29. The monoisotopic (exact) mass is 281 g/mol. The Hall–Kier alpha value is -1.62. The minimum absolute atomic E-state index is 0.320. The number of aryl methyl sites for hydroxylation is 1. The number of hydrogen-bond acceptors (Lipinski definition) is 4. The standard InChI is InChI=1S/C13H16ClN3O2/c1-5-19-12(18)13(3,4)9-7-10(14)17-11(15-9)6-8(2)16-17/h6-7H,5H2,1-4H3. The van der Waals surface area contributed by atoms with Crippen LogP contribution < -0.4 is 0 Å². The van der Waals surface area contributed by atoms with Gasteiger partial charge in [-0.25, -0.2) is 9.50 Å². The molecule has 0 bridgehead atoms. The maximum Gasteiger partial charge on any atom is 0.317 e. The van der Waals surface area contributed by atoms with Crippen molar-refractivity contribution < 1.29 is 9.53 Å². The first-order valence-corrected chi connectivity index (χ1v) is 6.44. The SMILES string of the molecule is CCOC(=O)C(C)(C)c1cc(Cl)n2nc(C)cc2n1. The molecule has 2 aromatic rings. The summed E-state index contributed by atoms with van der Waals surface area (Å²) in [5, 5.41) is 4.64. The van der Waals surface area contributed by atoms with Gasteiger partial charge in [0.15, 0.2) is 5.65 Å². The van der Waals surface area contributed by atoms with E-state index < -0.39 is 5.41 Å². The summed E-state index contributed by atoms with van der Waals surface area (Å²) in [6.07, 6.45) is 0. The molecule has 0 saturated carbocycles. The van der Waals surface area contributed by atoms with Crippen molar-refractivity contribution in [2.24, 2.45) is 0 Å². The Balaban J connectivity index is 2.53. The zero-order valence-corrected chi connectivity index (χ0v) is 12.2. The molecule has 0 aliphatic rings. The minimum Gasteiger partial charge on any atom is -0.465 e. The molecule has 5 nitrogen and oxygen atoms in total. The molecule has 0 atom stereocenters. The third kappa shape index (κ3) is 2.42. The minimum atomic E-state index is -0.848.